The zero-order chi connectivity index (χ0) is 25.7. The Labute approximate surface area is 219 Å². The summed E-state index contributed by atoms with van der Waals surface area (Å²) in [7, 11) is 1.95. The minimum atomic E-state index is -0.450. The van der Waals surface area contributed by atoms with Crippen LogP contribution in [0.2, 0.25) is 10.0 Å². The van der Waals surface area contributed by atoms with Crippen LogP contribution in [0.25, 0.3) is 0 Å². The molecule has 1 aromatic rings. The number of nitrogens with zero attached hydrogens (tertiary/aromatic N) is 1. The van der Waals surface area contributed by atoms with Crippen molar-refractivity contribution in [2.75, 3.05) is 26.8 Å². The second-order valence-corrected chi connectivity index (χ2v) is 10.3. The second-order valence-electron chi connectivity index (χ2n) is 9.47. The zero-order valence-electron chi connectivity index (χ0n) is 21.3. The molecular formula is C28H36Cl2N2O3. The molecule has 1 aliphatic heterocycles. The van der Waals surface area contributed by atoms with Crippen molar-refractivity contribution in [1.82, 2.24) is 10.2 Å². The number of hydrogen-bond donors (Lipinski definition) is 1. The fourth-order valence-corrected chi connectivity index (χ4v) is 5.41. The highest BCUT2D eigenvalue weighted by Crippen LogP contribution is 2.42. The van der Waals surface area contributed by atoms with Gasteiger partial charge in [0.15, 0.2) is 11.6 Å². The predicted octanol–water partition coefficient (Wildman–Crippen LogP) is 6.43. The standard InChI is InChI=1S/C28H36Cl2N2O3/c1-6-18-15-31-23-10-8-9-21(25(34)16-35-7-2)27(23)32(5)28(26(18)24(33)13-17(3)4)20-12-11-19(29)14-22(20)30/h10-12,14,17,28,31H,6-9,13,15-16H2,1-5H3/b26-18-. The molecule has 0 aromatic heterocycles. The van der Waals surface area contributed by atoms with Crippen LogP contribution in [0.4, 0.5) is 0 Å². The molecule has 0 bridgehead atoms. The van der Waals surface area contributed by atoms with Crippen molar-refractivity contribution >= 4 is 34.8 Å². The van der Waals surface area contributed by atoms with E-state index in [0.29, 0.717) is 36.0 Å². The van der Waals surface area contributed by atoms with Gasteiger partial charge in [0.25, 0.3) is 0 Å². The highest BCUT2D eigenvalue weighted by molar-refractivity contribution is 6.35. The number of hydrogen-bond acceptors (Lipinski definition) is 5. The molecule has 0 saturated carbocycles. The Bertz CT molecular complexity index is 1070. The number of Topliss-reactive ketones (excluding diaryl/α,β-unsaturated/α-hetero) is 2. The number of fused-ring (bicyclic) bond motifs is 1. The van der Waals surface area contributed by atoms with Crippen molar-refractivity contribution in [3.05, 3.63) is 68.0 Å². The van der Waals surface area contributed by atoms with Gasteiger partial charge in [-0.3, -0.25) is 9.59 Å². The molecule has 1 aliphatic carbocycles. The average Bonchev–Trinajstić information content (AvgIpc) is 2.80. The molecule has 1 heterocycles. The number of allylic oxidation sites excluding steroid dienone is 1. The summed E-state index contributed by atoms with van der Waals surface area (Å²) in [6, 6.07) is 4.96. The van der Waals surface area contributed by atoms with Gasteiger partial charge in [-0.15, -0.1) is 0 Å². The molecule has 0 spiro atoms. The molecule has 190 valence electrons. The van der Waals surface area contributed by atoms with Gasteiger partial charge < -0.3 is 15.0 Å². The van der Waals surface area contributed by atoms with Crippen molar-refractivity contribution in [2.45, 2.75) is 59.4 Å². The maximum Gasteiger partial charge on any atom is 0.186 e. The monoisotopic (exact) mass is 518 g/mol. The van der Waals surface area contributed by atoms with Crippen molar-refractivity contribution in [1.29, 1.82) is 0 Å². The number of likely N-dealkylation sites (N-methyl/N-ethyl adjacent to an activating group) is 1. The van der Waals surface area contributed by atoms with E-state index in [1.54, 1.807) is 12.1 Å². The maximum absolute atomic E-state index is 13.8. The smallest absolute Gasteiger partial charge is 0.186 e. The van der Waals surface area contributed by atoms with Gasteiger partial charge in [-0.25, -0.2) is 0 Å². The molecule has 0 saturated heterocycles. The third-order valence-corrected chi connectivity index (χ3v) is 7.08. The number of rotatable bonds is 9. The van der Waals surface area contributed by atoms with Crippen LogP contribution >= 0.6 is 23.2 Å². The van der Waals surface area contributed by atoms with Crippen molar-refractivity contribution in [3.8, 4) is 0 Å². The first-order valence-electron chi connectivity index (χ1n) is 12.4. The Balaban J connectivity index is 2.28. The molecule has 3 rings (SSSR count). The van der Waals surface area contributed by atoms with E-state index in [0.717, 1.165) is 46.5 Å². The maximum atomic E-state index is 13.8. The van der Waals surface area contributed by atoms with E-state index in [1.165, 1.54) is 0 Å². The van der Waals surface area contributed by atoms with Gasteiger partial charge in [-0.05, 0) is 55.4 Å². The van der Waals surface area contributed by atoms with E-state index in [2.05, 4.69) is 23.2 Å². The molecule has 1 unspecified atom stereocenters. The van der Waals surface area contributed by atoms with Gasteiger partial charge in [-0.1, -0.05) is 56.1 Å². The van der Waals surface area contributed by atoms with E-state index in [9.17, 15) is 9.59 Å². The van der Waals surface area contributed by atoms with Gasteiger partial charge in [0.2, 0.25) is 0 Å². The van der Waals surface area contributed by atoms with Gasteiger partial charge in [0, 0.05) is 47.8 Å². The third kappa shape index (κ3) is 6.19. The Morgan fingerprint density at radius 2 is 1.94 bits per heavy atom. The first-order valence-corrected chi connectivity index (χ1v) is 13.2. The first kappa shape index (κ1) is 27.5. The Morgan fingerprint density at radius 1 is 1.20 bits per heavy atom. The summed E-state index contributed by atoms with van der Waals surface area (Å²) in [6.45, 7) is 9.10. The molecular weight excluding hydrogens is 483 g/mol. The fraction of sp³-hybridized carbons (Fsp3) is 0.500. The summed E-state index contributed by atoms with van der Waals surface area (Å²) >= 11 is 13.0. The lowest BCUT2D eigenvalue weighted by molar-refractivity contribution is -0.120. The second kappa shape index (κ2) is 12.2. The molecule has 1 N–H and O–H groups in total. The number of carbonyl (C=O) groups is 2. The topological polar surface area (TPSA) is 58.6 Å². The van der Waals surface area contributed by atoms with Crippen molar-refractivity contribution in [3.63, 3.8) is 0 Å². The van der Waals surface area contributed by atoms with Gasteiger partial charge in [0.1, 0.15) is 6.61 Å². The molecule has 35 heavy (non-hydrogen) atoms. The van der Waals surface area contributed by atoms with E-state index >= 15 is 0 Å². The van der Waals surface area contributed by atoms with Crippen LogP contribution in [0.1, 0.15) is 65.0 Å². The molecule has 2 aliphatic rings. The van der Waals surface area contributed by atoms with Gasteiger partial charge in [-0.2, -0.15) is 0 Å². The first-order chi connectivity index (χ1) is 16.7. The summed E-state index contributed by atoms with van der Waals surface area (Å²) in [6.07, 6.45) is 4.69. The van der Waals surface area contributed by atoms with Crippen LogP contribution in [0.5, 0.6) is 0 Å². The van der Waals surface area contributed by atoms with Crippen LogP contribution in [0.3, 0.4) is 0 Å². The minimum Gasteiger partial charge on any atom is -0.380 e. The van der Waals surface area contributed by atoms with E-state index in [4.69, 9.17) is 27.9 Å². The molecule has 7 heteroatoms. The number of halogens is 2. The lowest BCUT2D eigenvalue weighted by atomic mass is 9.84. The van der Waals surface area contributed by atoms with Crippen molar-refractivity contribution < 1.29 is 14.3 Å². The van der Waals surface area contributed by atoms with E-state index in [1.807, 2.05) is 33.9 Å². The number of ketones is 2. The highest BCUT2D eigenvalue weighted by Gasteiger charge is 2.36. The fourth-order valence-electron chi connectivity index (χ4n) is 4.90. The molecule has 5 nitrogen and oxygen atoms in total. The SMILES string of the molecule is CCOCC(=O)C1=C2C(=CCC1)NC/C(CC)=C(/C(=O)CC(C)C)C(c1ccc(Cl)cc1Cl)N2C. The molecule has 0 amide bonds. The molecule has 0 radical (unpaired) electrons. The Kier molecular flexibility index (Phi) is 9.62. The van der Waals surface area contributed by atoms with Gasteiger partial charge >= 0.3 is 0 Å². The summed E-state index contributed by atoms with van der Waals surface area (Å²) in [5, 5.41) is 4.57. The number of nitrogens with one attached hydrogen (secondary N) is 1. The molecule has 0 fully saturated rings. The number of carbonyl (C=O) groups excluding carboxylic acids is 2. The van der Waals surface area contributed by atoms with E-state index < -0.39 is 6.04 Å². The number of ether oxygens (including phenoxy) is 1. The van der Waals surface area contributed by atoms with E-state index in [-0.39, 0.29) is 24.1 Å². The van der Waals surface area contributed by atoms with Crippen LogP contribution in [-0.4, -0.2) is 43.3 Å². The summed E-state index contributed by atoms with van der Waals surface area (Å²) < 4.78 is 5.46. The number of benzene rings is 1. The normalized spacial score (nSPS) is 20.7. The largest absolute Gasteiger partial charge is 0.380 e. The summed E-state index contributed by atoms with van der Waals surface area (Å²) in [4.78, 5) is 29.0. The average molecular weight is 520 g/mol. The molecule has 1 atom stereocenters. The minimum absolute atomic E-state index is 0.0302. The van der Waals surface area contributed by atoms with Gasteiger partial charge in [0.05, 0.1) is 17.4 Å². The zero-order valence-corrected chi connectivity index (χ0v) is 22.9. The van der Waals surface area contributed by atoms with Crippen LogP contribution in [0, 0.1) is 5.92 Å². The lowest BCUT2D eigenvalue weighted by Gasteiger charge is -2.40. The summed E-state index contributed by atoms with van der Waals surface area (Å²) in [5.41, 5.74) is 5.03. The Hall–Kier alpha value is -2.08. The highest BCUT2D eigenvalue weighted by atomic mass is 35.5. The van der Waals surface area contributed by atoms with Crippen LogP contribution in [-0.2, 0) is 14.3 Å². The summed E-state index contributed by atoms with van der Waals surface area (Å²) in [5.74, 6) is 0.288. The lowest BCUT2D eigenvalue weighted by Crippen LogP contribution is -2.39. The van der Waals surface area contributed by atoms with Crippen LogP contribution in [0.15, 0.2) is 52.4 Å². The van der Waals surface area contributed by atoms with Crippen LogP contribution < -0.4 is 5.32 Å². The van der Waals surface area contributed by atoms with Crippen molar-refractivity contribution in [2.24, 2.45) is 5.92 Å². The third-order valence-electron chi connectivity index (χ3n) is 6.52. The predicted molar refractivity (Wildman–Crippen MR) is 143 cm³/mol. The molecule has 1 aromatic carbocycles. The Morgan fingerprint density at radius 3 is 2.57 bits per heavy atom. The quantitative estimate of drug-likeness (QED) is 0.408.